The van der Waals surface area contributed by atoms with Crippen LogP contribution in [-0.2, 0) is 17.6 Å². The summed E-state index contributed by atoms with van der Waals surface area (Å²) in [5, 5.41) is 0. The van der Waals surface area contributed by atoms with E-state index in [1.807, 2.05) is 4.90 Å². The van der Waals surface area contributed by atoms with Gasteiger partial charge in [-0.25, -0.2) is 0 Å². The molecule has 0 saturated heterocycles. The second-order valence-corrected chi connectivity index (χ2v) is 6.58. The molecule has 2 rings (SSSR count). The van der Waals surface area contributed by atoms with Crippen molar-refractivity contribution in [3.05, 3.63) is 29.3 Å². The minimum absolute atomic E-state index is 0.227. The zero-order valence-electron chi connectivity index (χ0n) is 13.6. The Hall–Kier alpha value is -1.35. The summed E-state index contributed by atoms with van der Waals surface area (Å²) in [5.74, 6) is 0.661. The number of nitrogens with two attached hydrogens (primary N) is 1. The second kappa shape index (κ2) is 7.08. The Morgan fingerprint density at radius 1 is 1.38 bits per heavy atom. The number of anilines is 1. The SMILES string of the molecule is CCC(N)Cc1ccc2c(c1)CCCN2C(=O)CC(C)C. The predicted octanol–water partition coefficient (Wildman–Crippen LogP) is 3.29. The molecule has 0 aliphatic carbocycles. The third kappa shape index (κ3) is 4.07. The highest BCUT2D eigenvalue weighted by atomic mass is 16.2. The van der Waals surface area contributed by atoms with Crippen LogP contribution in [0.25, 0.3) is 0 Å². The monoisotopic (exact) mass is 288 g/mol. The summed E-state index contributed by atoms with van der Waals surface area (Å²) in [6, 6.07) is 6.73. The molecule has 1 aromatic carbocycles. The lowest BCUT2D eigenvalue weighted by Crippen LogP contribution is -2.36. The molecule has 0 saturated carbocycles. The van der Waals surface area contributed by atoms with Crippen molar-refractivity contribution >= 4 is 11.6 Å². The van der Waals surface area contributed by atoms with Crippen molar-refractivity contribution in [2.75, 3.05) is 11.4 Å². The van der Waals surface area contributed by atoms with Crippen LogP contribution in [0.4, 0.5) is 5.69 Å². The van der Waals surface area contributed by atoms with Gasteiger partial charge in [-0.2, -0.15) is 0 Å². The highest BCUT2D eigenvalue weighted by molar-refractivity contribution is 5.94. The van der Waals surface area contributed by atoms with Gasteiger partial charge in [-0.05, 0) is 48.8 Å². The van der Waals surface area contributed by atoms with Gasteiger partial charge in [-0.1, -0.05) is 32.9 Å². The molecule has 1 aliphatic rings. The summed E-state index contributed by atoms with van der Waals surface area (Å²) < 4.78 is 0. The maximum absolute atomic E-state index is 12.4. The third-order valence-electron chi connectivity index (χ3n) is 4.17. The van der Waals surface area contributed by atoms with Gasteiger partial charge in [0.25, 0.3) is 0 Å². The van der Waals surface area contributed by atoms with Crippen LogP contribution < -0.4 is 10.6 Å². The molecule has 21 heavy (non-hydrogen) atoms. The van der Waals surface area contributed by atoms with Gasteiger partial charge in [0.05, 0.1) is 0 Å². The second-order valence-electron chi connectivity index (χ2n) is 6.58. The van der Waals surface area contributed by atoms with E-state index in [2.05, 4.69) is 39.0 Å². The van der Waals surface area contributed by atoms with E-state index in [1.54, 1.807) is 0 Å². The molecule has 2 N–H and O–H groups in total. The van der Waals surface area contributed by atoms with E-state index in [1.165, 1.54) is 11.1 Å². The fourth-order valence-electron chi connectivity index (χ4n) is 2.94. The Morgan fingerprint density at radius 2 is 2.14 bits per heavy atom. The summed E-state index contributed by atoms with van der Waals surface area (Å²) in [7, 11) is 0. The number of nitrogens with zero attached hydrogens (tertiary/aromatic N) is 1. The molecule has 1 amide bonds. The van der Waals surface area contributed by atoms with Gasteiger partial charge >= 0.3 is 0 Å². The topological polar surface area (TPSA) is 46.3 Å². The molecule has 0 radical (unpaired) electrons. The van der Waals surface area contributed by atoms with Gasteiger partial charge in [0, 0.05) is 24.7 Å². The number of fused-ring (bicyclic) bond motifs is 1. The van der Waals surface area contributed by atoms with Crippen molar-refractivity contribution in [1.29, 1.82) is 0 Å². The largest absolute Gasteiger partial charge is 0.327 e. The first kappa shape index (κ1) is 16.0. The van der Waals surface area contributed by atoms with E-state index in [-0.39, 0.29) is 11.9 Å². The van der Waals surface area contributed by atoms with Gasteiger partial charge in [0.1, 0.15) is 0 Å². The Labute approximate surface area is 128 Å². The molecule has 1 heterocycles. The van der Waals surface area contributed by atoms with E-state index < -0.39 is 0 Å². The molecule has 3 nitrogen and oxygen atoms in total. The van der Waals surface area contributed by atoms with Crippen LogP contribution >= 0.6 is 0 Å². The summed E-state index contributed by atoms with van der Waals surface area (Å²) in [6.07, 6.45) is 4.66. The number of benzene rings is 1. The van der Waals surface area contributed by atoms with Crippen LogP contribution in [0.1, 0.15) is 51.2 Å². The zero-order chi connectivity index (χ0) is 15.4. The molecule has 1 atom stereocenters. The van der Waals surface area contributed by atoms with E-state index in [9.17, 15) is 4.79 Å². The lowest BCUT2D eigenvalue weighted by molar-refractivity contribution is -0.119. The Morgan fingerprint density at radius 3 is 2.81 bits per heavy atom. The van der Waals surface area contributed by atoms with Gasteiger partial charge in [0.2, 0.25) is 5.91 Å². The molecule has 3 heteroatoms. The van der Waals surface area contributed by atoms with Crippen LogP contribution in [0.5, 0.6) is 0 Å². The highest BCUT2D eigenvalue weighted by Crippen LogP contribution is 2.29. The van der Waals surface area contributed by atoms with Gasteiger partial charge in [-0.3, -0.25) is 4.79 Å². The van der Waals surface area contributed by atoms with Crippen LogP contribution in [0.3, 0.4) is 0 Å². The summed E-state index contributed by atoms with van der Waals surface area (Å²) in [5.41, 5.74) is 9.76. The molecule has 0 fully saturated rings. The Balaban J connectivity index is 2.18. The first-order chi connectivity index (χ1) is 10.0. The molecule has 1 aromatic rings. The van der Waals surface area contributed by atoms with Gasteiger partial charge in [0.15, 0.2) is 0 Å². The van der Waals surface area contributed by atoms with Gasteiger partial charge < -0.3 is 10.6 Å². The number of carbonyl (C=O) groups excluding carboxylic acids is 1. The summed E-state index contributed by atoms with van der Waals surface area (Å²) in [6.45, 7) is 7.16. The normalized spacial score (nSPS) is 16.0. The number of amides is 1. The minimum Gasteiger partial charge on any atom is -0.327 e. The number of aryl methyl sites for hydroxylation is 1. The van der Waals surface area contributed by atoms with E-state index in [0.29, 0.717) is 12.3 Å². The maximum atomic E-state index is 12.4. The van der Waals surface area contributed by atoms with Crippen LogP contribution in [0.2, 0.25) is 0 Å². The zero-order valence-corrected chi connectivity index (χ0v) is 13.6. The first-order valence-corrected chi connectivity index (χ1v) is 8.19. The molecule has 0 spiro atoms. The highest BCUT2D eigenvalue weighted by Gasteiger charge is 2.23. The van der Waals surface area contributed by atoms with Crippen molar-refractivity contribution in [1.82, 2.24) is 0 Å². The van der Waals surface area contributed by atoms with Crippen molar-refractivity contribution in [2.24, 2.45) is 11.7 Å². The van der Waals surface area contributed by atoms with E-state index >= 15 is 0 Å². The quantitative estimate of drug-likeness (QED) is 0.903. The number of hydrogen-bond acceptors (Lipinski definition) is 2. The number of rotatable bonds is 5. The average molecular weight is 288 g/mol. The van der Waals surface area contributed by atoms with Crippen molar-refractivity contribution in [3.8, 4) is 0 Å². The number of carbonyl (C=O) groups is 1. The van der Waals surface area contributed by atoms with Gasteiger partial charge in [-0.15, -0.1) is 0 Å². The summed E-state index contributed by atoms with van der Waals surface area (Å²) in [4.78, 5) is 14.4. The molecular formula is C18H28N2O. The molecular weight excluding hydrogens is 260 g/mol. The molecule has 1 aliphatic heterocycles. The lowest BCUT2D eigenvalue weighted by Gasteiger charge is -2.30. The standard InChI is InChI=1S/C18H28N2O/c1-4-16(19)12-14-7-8-17-15(11-14)6-5-9-20(17)18(21)10-13(2)3/h7-8,11,13,16H,4-6,9-10,12,19H2,1-3H3. The van der Waals surface area contributed by atoms with Crippen LogP contribution in [-0.4, -0.2) is 18.5 Å². The smallest absolute Gasteiger partial charge is 0.227 e. The third-order valence-corrected chi connectivity index (χ3v) is 4.17. The van der Waals surface area contributed by atoms with Crippen LogP contribution in [0, 0.1) is 5.92 Å². The Kier molecular flexibility index (Phi) is 5.40. The molecule has 1 unspecified atom stereocenters. The molecule has 116 valence electrons. The van der Waals surface area contributed by atoms with E-state index in [0.717, 1.165) is 37.9 Å². The predicted molar refractivity (Wildman–Crippen MR) is 88.5 cm³/mol. The summed E-state index contributed by atoms with van der Waals surface area (Å²) >= 11 is 0. The average Bonchev–Trinajstić information content (AvgIpc) is 2.45. The molecule has 0 aromatic heterocycles. The van der Waals surface area contributed by atoms with Crippen molar-refractivity contribution in [2.45, 2.75) is 58.9 Å². The fourth-order valence-corrected chi connectivity index (χ4v) is 2.94. The van der Waals surface area contributed by atoms with Crippen LogP contribution in [0.15, 0.2) is 18.2 Å². The lowest BCUT2D eigenvalue weighted by atomic mass is 9.95. The first-order valence-electron chi connectivity index (χ1n) is 8.19. The molecule has 0 bridgehead atoms. The van der Waals surface area contributed by atoms with Crippen molar-refractivity contribution < 1.29 is 4.79 Å². The Bertz CT molecular complexity index is 496. The minimum atomic E-state index is 0.227. The number of hydrogen-bond donors (Lipinski definition) is 1. The van der Waals surface area contributed by atoms with Crippen molar-refractivity contribution in [3.63, 3.8) is 0 Å². The fraction of sp³-hybridized carbons (Fsp3) is 0.611. The van der Waals surface area contributed by atoms with E-state index in [4.69, 9.17) is 5.73 Å². The maximum Gasteiger partial charge on any atom is 0.227 e.